The van der Waals surface area contributed by atoms with Gasteiger partial charge < -0.3 is 9.84 Å². The van der Waals surface area contributed by atoms with Crippen LogP contribution in [0.1, 0.15) is 50.2 Å². The standard InChI is InChI=1S/C18H23BrO2/c1-21-14-2-3-15(16(19)7-14)17(20)18-8-11-4-12(9-18)6-13(5-11)10-18/h2-3,7,11-13,17,20H,4-6,8-10H2,1H3. The third-order valence-electron chi connectivity index (χ3n) is 6.17. The Bertz CT molecular complexity index is 519. The van der Waals surface area contributed by atoms with Crippen LogP contribution in [0.15, 0.2) is 22.7 Å². The van der Waals surface area contributed by atoms with E-state index in [0.29, 0.717) is 0 Å². The first kappa shape index (κ1) is 14.1. The van der Waals surface area contributed by atoms with E-state index in [1.165, 1.54) is 38.5 Å². The maximum Gasteiger partial charge on any atom is 0.120 e. The molecule has 0 aromatic heterocycles. The average molecular weight is 351 g/mol. The van der Waals surface area contributed by atoms with E-state index in [-0.39, 0.29) is 11.5 Å². The Morgan fingerprint density at radius 2 is 1.71 bits per heavy atom. The highest BCUT2D eigenvalue weighted by atomic mass is 79.9. The molecule has 0 amide bonds. The molecule has 5 rings (SSSR count). The second-order valence-electron chi connectivity index (χ2n) is 7.57. The smallest absolute Gasteiger partial charge is 0.120 e. The number of benzene rings is 1. The first-order valence-corrected chi connectivity index (χ1v) is 8.90. The van der Waals surface area contributed by atoms with Crippen LogP contribution in [0.2, 0.25) is 0 Å². The van der Waals surface area contributed by atoms with Crippen LogP contribution in [-0.2, 0) is 0 Å². The number of hydrogen-bond donors (Lipinski definition) is 1. The van der Waals surface area contributed by atoms with Gasteiger partial charge in [-0.15, -0.1) is 0 Å². The topological polar surface area (TPSA) is 29.5 Å². The van der Waals surface area contributed by atoms with Crippen LogP contribution in [0.3, 0.4) is 0 Å². The van der Waals surface area contributed by atoms with Crippen molar-refractivity contribution >= 4 is 15.9 Å². The van der Waals surface area contributed by atoms with Crippen LogP contribution in [0, 0.1) is 23.2 Å². The van der Waals surface area contributed by atoms with E-state index in [2.05, 4.69) is 15.9 Å². The van der Waals surface area contributed by atoms with Crippen molar-refractivity contribution in [3.8, 4) is 5.75 Å². The van der Waals surface area contributed by atoms with Gasteiger partial charge in [0.2, 0.25) is 0 Å². The highest BCUT2D eigenvalue weighted by molar-refractivity contribution is 9.10. The molecule has 3 heteroatoms. The van der Waals surface area contributed by atoms with Gasteiger partial charge in [-0.05, 0) is 74.0 Å². The van der Waals surface area contributed by atoms with Crippen molar-refractivity contribution in [1.82, 2.24) is 0 Å². The third kappa shape index (κ3) is 2.24. The second-order valence-corrected chi connectivity index (χ2v) is 8.42. The van der Waals surface area contributed by atoms with Crippen LogP contribution in [0.5, 0.6) is 5.75 Å². The zero-order valence-corrected chi connectivity index (χ0v) is 14.1. The molecule has 1 atom stereocenters. The summed E-state index contributed by atoms with van der Waals surface area (Å²) >= 11 is 3.63. The fourth-order valence-electron chi connectivity index (χ4n) is 5.70. The van der Waals surface area contributed by atoms with E-state index < -0.39 is 0 Å². The highest BCUT2D eigenvalue weighted by Crippen LogP contribution is 2.64. The molecule has 0 radical (unpaired) electrons. The SMILES string of the molecule is COc1ccc(C(O)C23CC4CC(CC(C4)C2)C3)c(Br)c1. The maximum absolute atomic E-state index is 11.2. The zero-order valence-electron chi connectivity index (χ0n) is 12.5. The molecular weight excluding hydrogens is 328 g/mol. The molecule has 114 valence electrons. The Labute approximate surface area is 135 Å². The summed E-state index contributed by atoms with van der Waals surface area (Å²) in [5, 5.41) is 11.2. The Kier molecular flexibility index (Phi) is 3.34. The lowest BCUT2D eigenvalue weighted by molar-refractivity contribution is -0.122. The van der Waals surface area contributed by atoms with E-state index >= 15 is 0 Å². The molecule has 0 saturated heterocycles. The van der Waals surface area contributed by atoms with E-state index in [1.807, 2.05) is 18.2 Å². The van der Waals surface area contributed by atoms with Gasteiger partial charge in [0.15, 0.2) is 0 Å². The average Bonchev–Trinajstić information content (AvgIpc) is 2.45. The summed E-state index contributed by atoms with van der Waals surface area (Å²) in [6.07, 6.45) is 7.56. The summed E-state index contributed by atoms with van der Waals surface area (Å²) in [5.74, 6) is 3.43. The van der Waals surface area contributed by atoms with Gasteiger partial charge in [-0.1, -0.05) is 22.0 Å². The van der Waals surface area contributed by atoms with Crippen LogP contribution < -0.4 is 4.74 Å². The normalized spacial score (nSPS) is 38.5. The minimum Gasteiger partial charge on any atom is -0.497 e. The van der Waals surface area contributed by atoms with Crippen molar-refractivity contribution in [1.29, 1.82) is 0 Å². The molecule has 1 aromatic carbocycles. The Morgan fingerprint density at radius 3 is 2.19 bits per heavy atom. The number of methoxy groups -OCH3 is 1. The minimum atomic E-state index is -0.341. The maximum atomic E-state index is 11.2. The molecule has 0 spiro atoms. The molecule has 4 aliphatic carbocycles. The summed E-state index contributed by atoms with van der Waals surface area (Å²) in [7, 11) is 1.68. The van der Waals surface area contributed by atoms with Crippen molar-refractivity contribution < 1.29 is 9.84 Å². The molecular formula is C18H23BrO2. The van der Waals surface area contributed by atoms with Gasteiger partial charge in [-0.25, -0.2) is 0 Å². The lowest BCUT2D eigenvalue weighted by Crippen LogP contribution is -2.48. The summed E-state index contributed by atoms with van der Waals surface area (Å²) in [6.45, 7) is 0. The molecule has 21 heavy (non-hydrogen) atoms. The molecule has 4 bridgehead atoms. The highest BCUT2D eigenvalue weighted by Gasteiger charge is 2.54. The summed E-state index contributed by atoms with van der Waals surface area (Å²) in [5.41, 5.74) is 1.17. The van der Waals surface area contributed by atoms with Gasteiger partial charge in [0.1, 0.15) is 5.75 Å². The van der Waals surface area contributed by atoms with Crippen LogP contribution in [0.25, 0.3) is 0 Å². The Hall–Kier alpha value is -0.540. The number of aliphatic hydroxyl groups is 1. The van der Waals surface area contributed by atoms with Crippen molar-refractivity contribution in [2.24, 2.45) is 23.2 Å². The molecule has 0 aliphatic heterocycles. The first-order chi connectivity index (χ1) is 10.1. The number of halogens is 1. The molecule has 0 heterocycles. The van der Waals surface area contributed by atoms with E-state index in [4.69, 9.17) is 4.74 Å². The number of ether oxygens (including phenoxy) is 1. The second kappa shape index (κ2) is 4.99. The monoisotopic (exact) mass is 350 g/mol. The molecule has 1 unspecified atom stereocenters. The molecule has 4 fully saturated rings. The zero-order chi connectivity index (χ0) is 14.6. The largest absolute Gasteiger partial charge is 0.497 e. The molecule has 1 aromatic rings. The molecule has 1 N–H and O–H groups in total. The lowest BCUT2D eigenvalue weighted by Gasteiger charge is -2.58. The van der Waals surface area contributed by atoms with Gasteiger partial charge in [0.25, 0.3) is 0 Å². The fourth-order valence-corrected chi connectivity index (χ4v) is 6.27. The van der Waals surface area contributed by atoms with Gasteiger partial charge in [-0.2, -0.15) is 0 Å². The van der Waals surface area contributed by atoms with Gasteiger partial charge in [0, 0.05) is 9.89 Å². The van der Waals surface area contributed by atoms with E-state index in [1.54, 1.807) is 7.11 Å². The molecule has 4 aliphatic rings. The van der Waals surface area contributed by atoms with Crippen molar-refractivity contribution in [3.63, 3.8) is 0 Å². The van der Waals surface area contributed by atoms with Crippen molar-refractivity contribution in [2.75, 3.05) is 7.11 Å². The Morgan fingerprint density at radius 1 is 1.14 bits per heavy atom. The Balaban J connectivity index is 1.66. The quantitative estimate of drug-likeness (QED) is 0.855. The molecule has 2 nitrogen and oxygen atoms in total. The van der Waals surface area contributed by atoms with E-state index in [0.717, 1.165) is 33.5 Å². The van der Waals surface area contributed by atoms with Crippen LogP contribution >= 0.6 is 15.9 Å². The van der Waals surface area contributed by atoms with Crippen LogP contribution in [0.4, 0.5) is 0 Å². The van der Waals surface area contributed by atoms with Crippen molar-refractivity contribution in [2.45, 2.75) is 44.6 Å². The van der Waals surface area contributed by atoms with Gasteiger partial charge in [0.05, 0.1) is 13.2 Å². The summed E-state index contributed by atoms with van der Waals surface area (Å²) < 4.78 is 6.24. The van der Waals surface area contributed by atoms with E-state index in [9.17, 15) is 5.11 Å². The number of aliphatic hydroxyl groups excluding tert-OH is 1. The number of hydrogen-bond acceptors (Lipinski definition) is 2. The van der Waals surface area contributed by atoms with Gasteiger partial charge >= 0.3 is 0 Å². The lowest BCUT2D eigenvalue weighted by atomic mass is 9.47. The summed E-state index contributed by atoms with van der Waals surface area (Å²) in [4.78, 5) is 0. The predicted molar refractivity (Wildman–Crippen MR) is 86.3 cm³/mol. The molecule has 4 saturated carbocycles. The summed E-state index contributed by atoms with van der Waals surface area (Å²) in [6, 6.07) is 5.97. The van der Waals surface area contributed by atoms with Crippen LogP contribution in [-0.4, -0.2) is 12.2 Å². The van der Waals surface area contributed by atoms with Gasteiger partial charge in [-0.3, -0.25) is 0 Å². The fraction of sp³-hybridized carbons (Fsp3) is 0.667. The first-order valence-electron chi connectivity index (χ1n) is 8.11. The minimum absolute atomic E-state index is 0.131. The predicted octanol–water partition coefficient (Wildman–Crippen LogP) is 4.71. The third-order valence-corrected chi connectivity index (χ3v) is 6.85. The van der Waals surface area contributed by atoms with Crippen molar-refractivity contribution in [3.05, 3.63) is 28.2 Å². The number of rotatable bonds is 3.